The summed E-state index contributed by atoms with van der Waals surface area (Å²) in [6.07, 6.45) is 2.85. The predicted molar refractivity (Wildman–Crippen MR) is 92.4 cm³/mol. The second-order valence-corrected chi connectivity index (χ2v) is 6.47. The van der Waals surface area contributed by atoms with E-state index in [1.165, 1.54) is 11.1 Å². The van der Waals surface area contributed by atoms with Crippen molar-refractivity contribution in [3.8, 4) is 0 Å². The van der Waals surface area contributed by atoms with Crippen LogP contribution in [0.4, 0.5) is 0 Å². The van der Waals surface area contributed by atoms with Crippen LogP contribution < -0.4 is 10.6 Å². The molecule has 1 aliphatic rings. The van der Waals surface area contributed by atoms with Crippen LogP contribution in [0.1, 0.15) is 50.2 Å². The molecule has 1 saturated carbocycles. The van der Waals surface area contributed by atoms with Crippen LogP contribution in [0.25, 0.3) is 0 Å². The fraction of sp³-hybridized carbons (Fsp3) is 0.611. The standard InChI is InChI=1S/C18H29N3O/c1-4-19-17(21-13-18(22)9-6-10-18)20-12-15(3)16-8-5-7-14(2)11-16/h5,7-8,11,15,22H,4,6,9-10,12-13H2,1-3H3,(H2,19,20,21). The van der Waals surface area contributed by atoms with E-state index in [-0.39, 0.29) is 0 Å². The number of guanidine groups is 1. The van der Waals surface area contributed by atoms with Crippen LogP contribution in [0, 0.1) is 6.92 Å². The number of aryl methyl sites for hydroxylation is 1. The summed E-state index contributed by atoms with van der Waals surface area (Å²) in [6.45, 7) is 8.52. The molecule has 1 unspecified atom stereocenters. The van der Waals surface area contributed by atoms with Gasteiger partial charge >= 0.3 is 0 Å². The molecule has 122 valence electrons. The molecule has 0 bridgehead atoms. The molecule has 0 spiro atoms. The number of aliphatic imine (C=N–C) groups is 1. The molecular formula is C18H29N3O. The van der Waals surface area contributed by atoms with Crippen LogP contribution in [0.3, 0.4) is 0 Å². The molecule has 1 aromatic rings. The molecule has 4 heteroatoms. The van der Waals surface area contributed by atoms with Gasteiger partial charge in [0.15, 0.2) is 5.96 Å². The van der Waals surface area contributed by atoms with E-state index in [0.717, 1.165) is 38.3 Å². The minimum atomic E-state index is -0.565. The van der Waals surface area contributed by atoms with Crippen molar-refractivity contribution < 1.29 is 5.11 Å². The van der Waals surface area contributed by atoms with Crippen LogP contribution >= 0.6 is 0 Å². The molecule has 3 N–H and O–H groups in total. The van der Waals surface area contributed by atoms with E-state index in [4.69, 9.17) is 0 Å². The van der Waals surface area contributed by atoms with Gasteiger partial charge in [0, 0.05) is 13.1 Å². The normalized spacial score (nSPS) is 18.5. The molecule has 0 heterocycles. The van der Waals surface area contributed by atoms with Gasteiger partial charge in [-0.25, -0.2) is 0 Å². The minimum Gasteiger partial charge on any atom is -0.388 e. The van der Waals surface area contributed by atoms with E-state index < -0.39 is 5.60 Å². The van der Waals surface area contributed by atoms with Crippen LogP contribution in [-0.4, -0.2) is 36.3 Å². The molecule has 0 saturated heterocycles. The van der Waals surface area contributed by atoms with Gasteiger partial charge in [-0.2, -0.15) is 0 Å². The summed E-state index contributed by atoms with van der Waals surface area (Å²) < 4.78 is 0. The number of hydrogen-bond acceptors (Lipinski definition) is 2. The lowest BCUT2D eigenvalue weighted by atomic mass is 9.80. The Morgan fingerprint density at radius 3 is 2.73 bits per heavy atom. The van der Waals surface area contributed by atoms with Crippen molar-refractivity contribution in [2.24, 2.45) is 4.99 Å². The van der Waals surface area contributed by atoms with Crippen molar-refractivity contribution in [3.63, 3.8) is 0 Å². The first kappa shape index (κ1) is 16.8. The van der Waals surface area contributed by atoms with Gasteiger partial charge < -0.3 is 15.7 Å². The van der Waals surface area contributed by atoms with Gasteiger partial charge in [0.25, 0.3) is 0 Å². The van der Waals surface area contributed by atoms with E-state index in [9.17, 15) is 5.11 Å². The Morgan fingerprint density at radius 1 is 1.36 bits per heavy atom. The number of nitrogens with one attached hydrogen (secondary N) is 2. The maximum atomic E-state index is 10.2. The van der Waals surface area contributed by atoms with Gasteiger partial charge in [-0.05, 0) is 44.6 Å². The Hall–Kier alpha value is -1.55. The largest absolute Gasteiger partial charge is 0.388 e. The molecule has 0 aromatic heterocycles. The van der Waals surface area contributed by atoms with Crippen LogP contribution in [0.2, 0.25) is 0 Å². The predicted octanol–water partition coefficient (Wildman–Crippen LogP) is 2.57. The molecule has 1 aromatic carbocycles. The van der Waals surface area contributed by atoms with Gasteiger partial charge in [-0.3, -0.25) is 4.99 Å². The zero-order valence-corrected chi connectivity index (χ0v) is 14.0. The van der Waals surface area contributed by atoms with E-state index in [0.29, 0.717) is 12.5 Å². The Kier molecular flexibility index (Phi) is 5.83. The van der Waals surface area contributed by atoms with E-state index in [1.807, 2.05) is 0 Å². The summed E-state index contributed by atoms with van der Waals surface area (Å²) in [4.78, 5) is 4.53. The third-order valence-corrected chi connectivity index (χ3v) is 4.35. The van der Waals surface area contributed by atoms with Crippen molar-refractivity contribution in [1.29, 1.82) is 0 Å². The SMILES string of the molecule is CCNC(=NCC1(O)CCC1)NCC(C)c1cccc(C)c1. The summed E-state index contributed by atoms with van der Waals surface area (Å²) in [5.41, 5.74) is 2.06. The van der Waals surface area contributed by atoms with Crippen molar-refractivity contribution in [1.82, 2.24) is 10.6 Å². The average molecular weight is 303 g/mol. The second-order valence-electron chi connectivity index (χ2n) is 6.47. The molecule has 0 amide bonds. The number of benzene rings is 1. The van der Waals surface area contributed by atoms with Crippen LogP contribution in [-0.2, 0) is 0 Å². The fourth-order valence-corrected chi connectivity index (χ4v) is 2.66. The highest BCUT2D eigenvalue weighted by molar-refractivity contribution is 5.79. The highest BCUT2D eigenvalue weighted by Crippen LogP contribution is 2.31. The zero-order chi connectivity index (χ0) is 16.0. The lowest BCUT2D eigenvalue weighted by molar-refractivity contribution is -0.0236. The maximum Gasteiger partial charge on any atom is 0.191 e. The van der Waals surface area contributed by atoms with Crippen molar-refractivity contribution in [3.05, 3.63) is 35.4 Å². The van der Waals surface area contributed by atoms with Crippen molar-refractivity contribution in [2.45, 2.75) is 51.6 Å². The smallest absolute Gasteiger partial charge is 0.191 e. The first-order chi connectivity index (χ1) is 10.5. The number of nitrogens with zero attached hydrogens (tertiary/aromatic N) is 1. The van der Waals surface area contributed by atoms with E-state index in [1.54, 1.807) is 0 Å². The summed E-state index contributed by atoms with van der Waals surface area (Å²) in [7, 11) is 0. The maximum absolute atomic E-state index is 10.2. The Morgan fingerprint density at radius 2 is 2.14 bits per heavy atom. The molecule has 0 radical (unpaired) electrons. The molecular weight excluding hydrogens is 274 g/mol. The summed E-state index contributed by atoms with van der Waals surface area (Å²) in [5, 5.41) is 16.8. The molecule has 1 aliphatic carbocycles. The molecule has 0 aliphatic heterocycles. The lowest BCUT2D eigenvalue weighted by Gasteiger charge is -2.35. The quantitative estimate of drug-likeness (QED) is 0.559. The second kappa shape index (κ2) is 7.63. The topological polar surface area (TPSA) is 56.7 Å². The molecule has 2 rings (SSSR count). The highest BCUT2D eigenvalue weighted by atomic mass is 16.3. The molecule has 22 heavy (non-hydrogen) atoms. The molecule has 4 nitrogen and oxygen atoms in total. The number of rotatable bonds is 6. The Balaban J connectivity index is 1.89. The number of aliphatic hydroxyl groups is 1. The summed E-state index contributed by atoms with van der Waals surface area (Å²) in [5.74, 6) is 1.21. The van der Waals surface area contributed by atoms with Crippen molar-refractivity contribution >= 4 is 5.96 Å². The van der Waals surface area contributed by atoms with E-state index in [2.05, 4.69) is 60.7 Å². The molecule has 1 fully saturated rings. The Bertz CT molecular complexity index is 509. The average Bonchev–Trinajstić information content (AvgIpc) is 2.47. The fourth-order valence-electron chi connectivity index (χ4n) is 2.66. The zero-order valence-electron chi connectivity index (χ0n) is 14.0. The highest BCUT2D eigenvalue weighted by Gasteiger charge is 2.34. The van der Waals surface area contributed by atoms with Gasteiger partial charge in [0.1, 0.15) is 0 Å². The van der Waals surface area contributed by atoms with Crippen molar-refractivity contribution in [2.75, 3.05) is 19.6 Å². The first-order valence-electron chi connectivity index (χ1n) is 8.33. The lowest BCUT2D eigenvalue weighted by Crippen LogP contribution is -2.43. The van der Waals surface area contributed by atoms with Gasteiger partial charge in [0.05, 0.1) is 12.1 Å². The minimum absolute atomic E-state index is 0.413. The van der Waals surface area contributed by atoms with Gasteiger partial charge in [-0.15, -0.1) is 0 Å². The third kappa shape index (κ3) is 4.73. The Labute approximate surface area is 134 Å². The van der Waals surface area contributed by atoms with E-state index >= 15 is 0 Å². The third-order valence-electron chi connectivity index (χ3n) is 4.35. The van der Waals surface area contributed by atoms with Crippen LogP contribution in [0.5, 0.6) is 0 Å². The van der Waals surface area contributed by atoms with Crippen LogP contribution in [0.15, 0.2) is 29.3 Å². The first-order valence-corrected chi connectivity index (χ1v) is 8.33. The van der Waals surface area contributed by atoms with Gasteiger partial charge in [-0.1, -0.05) is 36.8 Å². The summed E-state index contributed by atoms with van der Waals surface area (Å²) >= 11 is 0. The van der Waals surface area contributed by atoms with Gasteiger partial charge in [0.2, 0.25) is 0 Å². The number of hydrogen-bond donors (Lipinski definition) is 3. The molecule has 1 atom stereocenters. The monoisotopic (exact) mass is 303 g/mol. The summed E-state index contributed by atoms with van der Waals surface area (Å²) in [6, 6.07) is 8.62.